The van der Waals surface area contributed by atoms with Gasteiger partial charge in [-0.1, -0.05) is 79.0 Å². The highest BCUT2D eigenvalue weighted by Gasteiger charge is 2.46. The number of carbonyl (C=O) groups is 5. The zero-order chi connectivity index (χ0) is 38.2. The number of unbranched alkanes of at least 4 members (excludes halogenated alkanes) is 2. The molecule has 50 heavy (non-hydrogen) atoms. The maximum atomic E-state index is 14.4. The van der Waals surface area contributed by atoms with Crippen LogP contribution in [-0.4, -0.2) is 99.3 Å². The molecule has 0 radical (unpaired) electrons. The predicted molar refractivity (Wildman–Crippen MR) is 199 cm³/mol. The molecule has 1 rings (SSSR count). The molecule has 1 saturated heterocycles. The van der Waals surface area contributed by atoms with Crippen LogP contribution >= 0.6 is 0 Å². The molecule has 1 aliphatic rings. The van der Waals surface area contributed by atoms with Crippen molar-refractivity contribution in [3.8, 4) is 0 Å². The molecule has 0 aromatic heterocycles. The SMILES string of the molecule is C=CCNC(=O)C(=O)C(CCCC)NC(=O)[C@@H]1[C@@H](C=C(C)C)CCN1C(=O)[C@@H](NC(=O)N[C@H](CNCCCCS(=O)O)C(C)(C)C)C(C)(C)C. The Bertz CT molecular complexity index is 1220. The van der Waals surface area contributed by atoms with Crippen LogP contribution in [0.2, 0.25) is 0 Å². The largest absolute Gasteiger partial charge is 0.346 e. The lowest BCUT2D eigenvalue weighted by Gasteiger charge is -2.37. The normalized spacial score (nSPS) is 18.6. The average Bonchev–Trinajstić information content (AvgIpc) is 3.42. The van der Waals surface area contributed by atoms with E-state index in [0.29, 0.717) is 38.8 Å². The molecule has 286 valence electrons. The maximum absolute atomic E-state index is 14.4. The second kappa shape index (κ2) is 21.3. The molecule has 0 aromatic rings. The van der Waals surface area contributed by atoms with Gasteiger partial charge in [-0.05, 0) is 56.9 Å². The summed E-state index contributed by atoms with van der Waals surface area (Å²) in [4.78, 5) is 69.1. The van der Waals surface area contributed by atoms with Crippen molar-refractivity contribution < 1.29 is 32.7 Å². The molecule has 0 spiro atoms. The van der Waals surface area contributed by atoms with E-state index >= 15 is 0 Å². The summed E-state index contributed by atoms with van der Waals surface area (Å²) >= 11 is -1.82. The number of rotatable bonds is 20. The van der Waals surface area contributed by atoms with Gasteiger partial charge in [0.25, 0.3) is 5.91 Å². The minimum Gasteiger partial charge on any atom is -0.346 e. The van der Waals surface area contributed by atoms with E-state index in [1.165, 1.54) is 11.0 Å². The number of likely N-dealkylation sites (tertiary alicyclic amines) is 1. The topological polar surface area (TPSA) is 186 Å². The first-order valence-electron chi connectivity index (χ1n) is 17.8. The van der Waals surface area contributed by atoms with Gasteiger partial charge in [0.2, 0.25) is 17.6 Å². The number of allylic oxidation sites excluding steroid dienone is 1. The fraction of sp³-hybridized carbons (Fsp3) is 0.750. The van der Waals surface area contributed by atoms with Gasteiger partial charge >= 0.3 is 6.03 Å². The number of hydrogen-bond donors (Lipinski definition) is 6. The molecule has 0 bridgehead atoms. The summed E-state index contributed by atoms with van der Waals surface area (Å²) in [5.41, 5.74) is -0.0863. The summed E-state index contributed by atoms with van der Waals surface area (Å²) < 4.78 is 19.9. The van der Waals surface area contributed by atoms with Gasteiger partial charge in [-0.2, -0.15) is 0 Å². The third kappa shape index (κ3) is 15.4. The number of nitrogens with zero attached hydrogens (tertiary/aromatic N) is 1. The number of Topliss-reactive ketones (excluding diaryl/α,β-unsaturated/α-hetero) is 1. The van der Waals surface area contributed by atoms with E-state index < -0.39 is 64.2 Å². The van der Waals surface area contributed by atoms with Gasteiger partial charge in [0.05, 0.1) is 6.04 Å². The van der Waals surface area contributed by atoms with Crippen LogP contribution in [0.3, 0.4) is 0 Å². The fourth-order valence-corrected chi connectivity index (χ4v) is 6.24. The van der Waals surface area contributed by atoms with Crippen LogP contribution in [0, 0.1) is 16.7 Å². The standard InChI is InChI=1S/C36H64N6O7S/c1-11-13-16-26(29(43)32(45)38-18-12-2)39-31(44)28-25(22-24(3)4)17-20-42(28)33(46)30(36(8,9)10)41-34(47)40-27(35(5,6)7)23-37-19-14-15-21-50(48)49/h12,22,25-28,30,37H,2,11,13-21,23H2,1,3-10H3,(H,38,45)(H,39,44)(H,48,49)(H2,40,41,47)/t25-,26?,27-,28+,30-/m1/s1. The van der Waals surface area contributed by atoms with Crippen molar-refractivity contribution in [3.63, 3.8) is 0 Å². The van der Waals surface area contributed by atoms with Gasteiger partial charge in [0.1, 0.15) is 12.1 Å². The van der Waals surface area contributed by atoms with Crippen molar-refractivity contribution in [2.24, 2.45) is 16.7 Å². The fourth-order valence-electron chi connectivity index (χ4n) is 5.79. The highest BCUT2D eigenvalue weighted by molar-refractivity contribution is 7.79. The lowest BCUT2D eigenvalue weighted by atomic mass is 9.85. The van der Waals surface area contributed by atoms with E-state index in [2.05, 4.69) is 33.2 Å². The van der Waals surface area contributed by atoms with Gasteiger partial charge in [-0.3, -0.25) is 19.2 Å². The van der Waals surface area contributed by atoms with E-state index in [1.54, 1.807) is 0 Å². The number of carbonyl (C=O) groups excluding carboxylic acids is 5. The molecular formula is C36H64N6O7S. The van der Waals surface area contributed by atoms with E-state index in [1.807, 2.05) is 68.4 Å². The van der Waals surface area contributed by atoms with Crippen molar-refractivity contribution in [3.05, 3.63) is 24.3 Å². The Kier molecular flexibility index (Phi) is 19.1. The van der Waals surface area contributed by atoms with E-state index in [-0.39, 0.29) is 42.6 Å². The van der Waals surface area contributed by atoms with Crippen LogP contribution < -0.4 is 26.6 Å². The molecule has 5 amide bonds. The summed E-state index contributed by atoms with van der Waals surface area (Å²) in [5, 5.41) is 14.5. The Hall–Kier alpha value is -3.10. The minimum atomic E-state index is -1.82. The number of hydrogen-bond acceptors (Lipinski definition) is 7. The van der Waals surface area contributed by atoms with Crippen LogP contribution in [-0.2, 0) is 30.3 Å². The Morgan fingerprint density at radius 2 is 1.64 bits per heavy atom. The Morgan fingerprint density at radius 3 is 2.18 bits per heavy atom. The monoisotopic (exact) mass is 724 g/mol. The number of ketones is 1. The minimum absolute atomic E-state index is 0.115. The quantitative estimate of drug-likeness (QED) is 0.0477. The molecule has 6 N–H and O–H groups in total. The van der Waals surface area contributed by atoms with Crippen molar-refractivity contribution in [2.75, 3.05) is 31.9 Å². The van der Waals surface area contributed by atoms with Gasteiger partial charge in [0.15, 0.2) is 11.1 Å². The summed E-state index contributed by atoms with van der Waals surface area (Å²) in [6.45, 7) is 22.3. The van der Waals surface area contributed by atoms with Gasteiger partial charge in [0, 0.05) is 37.3 Å². The molecule has 13 nitrogen and oxygen atoms in total. The van der Waals surface area contributed by atoms with Crippen LogP contribution in [0.4, 0.5) is 4.79 Å². The molecule has 1 heterocycles. The Labute approximate surface area is 302 Å². The number of amides is 5. The molecular weight excluding hydrogens is 660 g/mol. The first kappa shape index (κ1) is 44.9. The number of nitrogens with one attached hydrogen (secondary N) is 5. The lowest BCUT2D eigenvalue weighted by Crippen LogP contribution is -2.62. The predicted octanol–water partition coefficient (Wildman–Crippen LogP) is 3.44. The van der Waals surface area contributed by atoms with Crippen LogP contribution in [0.15, 0.2) is 24.3 Å². The van der Waals surface area contributed by atoms with Crippen molar-refractivity contribution in [1.82, 2.24) is 31.5 Å². The third-order valence-corrected chi connectivity index (χ3v) is 9.30. The van der Waals surface area contributed by atoms with Crippen LogP contribution in [0.5, 0.6) is 0 Å². The highest BCUT2D eigenvalue weighted by Crippen LogP contribution is 2.31. The van der Waals surface area contributed by atoms with Crippen molar-refractivity contribution in [1.29, 1.82) is 0 Å². The zero-order valence-electron chi connectivity index (χ0n) is 31.8. The van der Waals surface area contributed by atoms with Gasteiger partial charge in [-0.15, -0.1) is 6.58 Å². The third-order valence-electron chi connectivity index (χ3n) is 8.66. The molecule has 2 unspecified atom stereocenters. The summed E-state index contributed by atoms with van der Waals surface area (Å²) in [5.74, 6) is -2.61. The number of urea groups is 1. The molecule has 0 aliphatic carbocycles. The zero-order valence-corrected chi connectivity index (χ0v) is 32.6. The molecule has 14 heteroatoms. The van der Waals surface area contributed by atoms with E-state index in [9.17, 15) is 28.2 Å². The van der Waals surface area contributed by atoms with Crippen molar-refractivity contribution >= 4 is 40.6 Å². The van der Waals surface area contributed by atoms with Crippen LogP contribution in [0.25, 0.3) is 0 Å². The Balaban J connectivity index is 3.27. The van der Waals surface area contributed by atoms with Crippen LogP contribution in [0.1, 0.15) is 101 Å². The van der Waals surface area contributed by atoms with E-state index in [4.69, 9.17) is 4.55 Å². The second-order valence-corrected chi connectivity index (χ2v) is 16.6. The first-order chi connectivity index (χ1) is 23.2. The molecule has 1 fully saturated rings. The average molecular weight is 725 g/mol. The highest BCUT2D eigenvalue weighted by atomic mass is 32.2. The maximum Gasteiger partial charge on any atom is 0.315 e. The molecule has 1 aliphatic heterocycles. The summed E-state index contributed by atoms with van der Waals surface area (Å²) in [6, 6.07) is -3.82. The molecule has 0 saturated carbocycles. The lowest BCUT2D eigenvalue weighted by molar-refractivity contribution is -0.144. The smallest absolute Gasteiger partial charge is 0.315 e. The summed E-state index contributed by atoms with van der Waals surface area (Å²) in [7, 11) is 0. The second-order valence-electron chi connectivity index (χ2n) is 15.5. The summed E-state index contributed by atoms with van der Waals surface area (Å²) in [6.07, 6.45) is 6.88. The molecule has 0 aromatic carbocycles. The first-order valence-corrected chi connectivity index (χ1v) is 19.1. The van der Waals surface area contributed by atoms with Crippen molar-refractivity contribution in [2.45, 2.75) is 125 Å². The van der Waals surface area contributed by atoms with Gasteiger partial charge < -0.3 is 36.0 Å². The van der Waals surface area contributed by atoms with E-state index in [0.717, 1.165) is 12.0 Å². The molecule has 6 atom stereocenters. The Morgan fingerprint density at radius 1 is 0.980 bits per heavy atom. The van der Waals surface area contributed by atoms with Gasteiger partial charge in [-0.25, -0.2) is 9.00 Å².